The topological polar surface area (TPSA) is 61.8 Å². The van der Waals surface area contributed by atoms with Crippen LogP contribution in [0.2, 0.25) is 0 Å². The Hall–Kier alpha value is -2.03. The first-order valence-electron chi connectivity index (χ1n) is 6.87. The molecule has 1 aromatic carbocycles. The minimum Gasteiger partial charge on any atom is -0.492 e. The molecule has 0 aliphatic carbocycles. The summed E-state index contributed by atoms with van der Waals surface area (Å²) in [5.41, 5.74) is 0.814. The van der Waals surface area contributed by atoms with E-state index in [1.807, 2.05) is 36.2 Å². The lowest BCUT2D eigenvalue weighted by molar-refractivity contribution is -0.120. The quantitative estimate of drug-likeness (QED) is 0.717. The number of hydrogen-bond acceptors (Lipinski definition) is 4. The number of aliphatic hydroxyl groups is 1. The van der Waals surface area contributed by atoms with Gasteiger partial charge in [0.05, 0.1) is 0 Å². The Morgan fingerprint density at radius 3 is 2.95 bits per heavy atom. The van der Waals surface area contributed by atoms with Gasteiger partial charge in [0.25, 0.3) is 0 Å². The van der Waals surface area contributed by atoms with Crippen LogP contribution in [0.3, 0.4) is 0 Å². The van der Waals surface area contributed by atoms with E-state index >= 15 is 0 Å². The highest BCUT2D eigenvalue weighted by molar-refractivity contribution is 5.75. The number of nitrogens with one attached hydrogen (secondary N) is 1. The molecule has 0 fully saturated rings. The van der Waals surface area contributed by atoms with Crippen molar-refractivity contribution in [3.8, 4) is 17.6 Å². The lowest BCUT2D eigenvalue weighted by Gasteiger charge is -2.16. The molecule has 0 aliphatic rings. The van der Waals surface area contributed by atoms with Crippen molar-refractivity contribution in [2.45, 2.75) is 6.42 Å². The van der Waals surface area contributed by atoms with Crippen LogP contribution in [0.1, 0.15) is 12.0 Å². The lowest BCUT2D eigenvalue weighted by Crippen LogP contribution is -2.29. The van der Waals surface area contributed by atoms with Crippen molar-refractivity contribution in [1.29, 1.82) is 0 Å². The number of carbonyl (C=O) groups excluding carboxylic acids is 1. The van der Waals surface area contributed by atoms with Gasteiger partial charge in [-0.3, -0.25) is 4.79 Å². The van der Waals surface area contributed by atoms with Crippen molar-refractivity contribution in [2.24, 2.45) is 0 Å². The van der Waals surface area contributed by atoms with E-state index in [1.54, 1.807) is 7.05 Å². The number of nitrogens with zero attached hydrogens (tertiary/aromatic N) is 1. The van der Waals surface area contributed by atoms with Gasteiger partial charge in [0.2, 0.25) is 5.91 Å². The maximum atomic E-state index is 11.1. The van der Waals surface area contributed by atoms with Gasteiger partial charge >= 0.3 is 0 Å². The van der Waals surface area contributed by atoms with Gasteiger partial charge in [0, 0.05) is 32.1 Å². The summed E-state index contributed by atoms with van der Waals surface area (Å²) in [7, 11) is 3.59. The average Bonchev–Trinajstić information content (AvgIpc) is 2.51. The number of ether oxygens (including phenoxy) is 1. The molecule has 0 saturated carbocycles. The standard InChI is InChI=1S/C16H22N2O3/c1-17-16(20)8-9-18(2)10-12-21-15-7-3-5-14(13-15)6-4-11-19/h3,5,7,13,19H,8-12H2,1-2H3,(H,17,20). The average molecular weight is 290 g/mol. The van der Waals surface area contributed by atoms with Gasteiger partial charge in [-0.15, -0.1) is 0 Å². The van der Waals surface area contributed by atoms with Gasteiger partial charge < -0.3 is 20.1 Å². The van der Waals surface area contributed by atoms with Crippen LogP contribution in [-0.4, -0.2) is 56.3 Å². The third-order valence-electron chi connectivity index (χ3n) is 2.89. The molecular weight excluding hydrogens is 268 g/mol. The molecule has 0 radical (unpaired) electrons. The van der Waals surface area contributed by atoms with Gasteiger partial charge in [0.1, 0.15) is 19.0 Å². The second-order valence-corrected chi connectivity index (χ2v) is 4.56. The molecule has 1 amide bonds. The predicted octanol–water partition coefficient (Wildman–Crippen LogP) is 0.477. The summed E-state index contributed by atoms with van der Waals surface area (Å²) in [6, 6.07) is 7.44. The zero-order valence-electron chi connectivity index (χ0n) is 12.6. The zero-order chi connectivity index (χ0) is 15.5. The Labute approximate surface area is 125 Å². The van der Waals surface area contributed by atoms with Crippen LogP contribution in [0.5, 0.6) is 5.75 Å². The van der Waals surface area contributed by atoms with Crippen LogP contribution in [0.4, 0.5) is 0 Å². The normalized spacial score (nSPS) is 9.90. The highest BCUT2D eigenvalue weighted by Crippen LogP contribution is 2.12. The van der Waals surface area contributed by atoms with Gasteiger partial charge in [-0.05, 0) is 25.2 Å². The Morgan fingerprint density at radius 2 is 2.24 bits per heavy atom. The number of hydrogen-bond donors (Lipinski definition) is 2. The third kappa shape index (κ3) is 7.35. The van der Waals surface area contributed by atoms with Crippen molar-refractivity contribution in [1.82, 2.24) is 10.2 Å². The van der Waals surface area contributed by atoms with Crippen molar-refractivity contribution in [3.05, 3.63) is 29.8 Å². The monoisotopic (exact) mass is 290 g/mol. The summed E-state index contributed by atoms with van der Waals surface area (Å²) in [6.45, 7) is 1.83. The van der Waals surface area contributed by atoms with Crippen LogP contribution in [0.25, 0.3) is 0 Å². The molecular formula is C16H22N2O3. The number of likely N-dealkylation sites (N-methyl/N-ethyl adjacent to an activating group) is 1. The number of benzene rings is 1. The van der Waals surface area contributed by atoms with E-state index in [0.717, 1.165) is 17.9 Å². The van der Waals surface area contributed by atoms with Crippen molar-refractivity contribution >= 4 is 5.91 Å². The molecule has 0 aromatic heterocycles. The second-order valence-electron chi connectivity index (χ2n) is 4.56. The molecule has 0 spiro atoms. The molecule has 5 heteroatoms. The van der Waals surface area contributed by atoms with Gasteiger partial charge in [-0.1, -0.05) is 17.9 Å². The molecule has 0 aliphatic heterocycles. The molecule has 0 heterocycles. The molecule has 1 rings (SSSR count). The van der Waals surface area contributed by atoms with E-state index in [4.69, 9.17) is 9.84 Å². The number of carbonyl (C=O) groups is 1. The highest BCUT2D eigenvalue weighted by Gasteiger charge is 2.03. The fraction of sp³-hybridized carbons (Fsp3) is 0.438. The van der Waals surface area contributed by atoms with Crippen molar-refractivity contribution in [3.63, 3.8) is 0 Å². The van der Waals surface area contributed by atoms with E-state index in [1.165, 1.54) is 0 Å². The molecule has 2 N–H and O–H groups in total. The zero-order valence-corrected chi connectivity index (χ0v) is 12.6. The largest absolute Gasteiger partial charge is 0.492 e. The maximum absolute atomic E-state index is 11.1. The Balaban J connectivity index is 2.33. The predicted molar refractivity (Wildman–Crippen MR) is 82.1 cm³/mol. The fourth-order valence-corrected chi connectivity index (χ4v) is 1.65. The summed E-state index contributed by atoms with van der Waals surface area (Å²) in [4.78, 5) is 13.2. The minimum absolute atomic E-state index is 0.0397. The van der Waals surface area contributed by atoms with E-state index in [9.17, 15) is 4.79 Å². The van der Waals surface area contributed by atoms with Crippen LogP contribution in [0, 0.1) is 11.8 Å². The molecule has 0 atom stereocenters. The number of amides is 1. The van der Waals surface area contributed by atoms with Crippen LogP contribution < -0.4 is 10.1 Å². The molecule has 0 unspecified atom stereocenters. The van der Waals surface area contributed by atoms with E-state index in [0.29, 0.717) is 19.6 Å². The van der Waals surface area contributed by atoms with Gasteiger partial charge in [-0.2, -0.15) is 0 Å². The minimum atomic E-state index is -0.152. The molecule has 1 aromatic rings. The first kappa shape index (κ1) is 17.0. The third-order valence-corrected chi connectivity index (χ3v) is 2.89. The number of rotatable bonds is 7. The van der Waals surface area contributed by atoms with Gasteiger partial charge in [0.15, 0.2) is 0 Å². The van der Waals surface area contributed by atoms with Crippen LogP contribution in [-0.2, 0) is 4.79 Å². The molecule has 0 bridgehead atoms. The van der Waals surface area contributed by atoms with Crippen LogP contribution >= 0.6 is 0 Å². The van der Waals surface area contributed by atoms with E-state index < -0.39 is 0 Å². The highest BCUT2D eigenvalue weighted by atomic mass is 16.5. The van der Waals surface area contributed by atoms with Crippen molar-refractivity contribution < 1.29 is 14.6 Å². The first-order chi connectivity index (χ1) is 10.2. The van der Waals surface area contributed by atoms with Gasteiger partial charge in [-0.25, -0.2) is 0 Å². The van der Waals surface area contributed by atoms with E-state index in [2.05, 4.69) is 17.2 Å². The maximum Gasteiger partial charge on any atom is 0.221 e. The Morgan fingerprint density at radius 1 is 1.43 bits per heavy atom. The smallest absolute Gasteiger partial charge is 0.221 e. The fourth-order valence-electron chi connectivity index (χ4n) is 1.65. The number of aliphatic hydroxyl groups excluding tert-OH is 1. The summed E-state index contributed by atoms with van der Waals surface area (Å²) in [5, 5.41) is 11.3. The van der Waals surface area contributed by atoms with E-state index in [-0.39, 0.29) is 12.5 Å². The summed E-state index contributed by atoms with van der Waals surface area (Å²) < 4.78 is 5.66. The lowest BCUT2D eigenvalue weighted by atomic mass is 10.2. The first-order valence-corrected chi connectivity index (χ1v) is 6.87. The SMILES string of the molecule is CNC(=O)CCN(C)CCOc1cccc(C#CCO)c1. The van der Waals surface area contributed by atoms with Crippen molar-refractivity contribution in [2.75, 3.05) is 40.4 Å². The Kier molecular flexibility index (Phi) is 7.95. The summed E-state index contributed by atoms with van der Waals surface area (Å²) in [6.07, 6.45) is 0.485. The van der Waals surface area contributed by atoms with Crippen LogP contribution in [0.15, 0.2) is 24.3 Å². The summed E-state index contributed by atoms with van der Waals surface area (Å²) in [5.74, 6) is 6.23. The second kappa shape index (κ2) is 9.81. The Bertz CT molecular complexity index is 506. The summed E-state index contributed by atoms with van der Waals surface area (Å²) >= 11 is 0. The molecule has 114 valence electrons. The molecule has 5 nitrogen and oxygen atoms in total. The molecule has 0 saturated heterocycles. The molecule has 21 heavy (non-hydrogen) atoms.